The predicted octanol–water partition coefficient (Wildman–Crippen LogP) is 3.54. The Kier molecular flexibility index (Phi) is 4.72. The monoisotopic (exact) mass is 429 g/mol. The third-order valence-electron chi connectivity index (χ3n) is 7.72. The van der Waals surface area contributed by atoms with Gasteiger partial charge in [0.2, 0.25) is 0 Å². The Hall–Kier alpha value is -2.86. The van der Waals surface area contributed by atoms with Gasteiger partial charge in [0, 0.05) is 69.0 Å². The van der Waals surface area contributed by atoms with Gasteiger partial charge in [0.25, 0.3) is 5.91 Å². The van der Waals surface area contributed by atoms with Gasteiger partial charge in [-0.1, -0.05) is 0 Å². The molecule has 3 aliphatic rings. The molecule has 6 rings (SSSR count). The molecular formula is C26H31N5O. The van der Waals surface area contributed by atoms with Crippen LogP contribution in [0.4, 0.5) is 5.69 Å². The summed E-state index contributed by atoms with van der Waals surface area (Å²) in [5.74, 6) is 1.55. The van der Waals surface area contributed by atoms with Crippen molar-refractivity contribution in [2.45, 2.75) is 32.2 Å². The molecule has 1 aromatic carbocycles. The van der Waals surface area contributed by atoms with Crippen LogP contribution in [0.3, 0.4) is 0 Å². The van der Waals surface area contributed by atoms with Crippen molar-refractivity contribution >= 4 is 17.2 Å². The Morgan fingerprint density at radius 3 is 2.75 bits per heavy atom. The molecule has 6 nitrogen and oxygen atoms in total. The number of likely N-dealkylation sites (tertiary alicyclic amines) is 1. The zero-order valence-electron chi connectivity index (χ0n) is 19.0. The molecule has 0 bridgehead atoms. The van der Waals surface area contributed by atoms with Crippen LogP contribution in [0.25, 0.3) is 5.65 Å². The SMILES string of the molecule is Cc1cc2nccn2cc1C1CCN(CC2CN(c3ccc4c(c3)CN(C)C4=O)C2)CC1. The van der Waals surface area contributed by atoms with Crippen molar-refractivity contribution in [2.75, 3.05) is 44.7 Å². The number of aromatic nitrogens is 2. The van der Waals surface area contributed by atoms with E-state index in [0.29, 0.717) is 5.92 Å². The van der Waals surface area contributed by atoms with E-state index in [2.05, 4.69) is 50.5 Å². The maximum absolute atomic E-state index is 12.1. The van der Waals surface area contributed by atoms with Crippen LogP contribution in [-0.4, -0.2) is 64.9 Å². The van der Waals surface area contributed by atoms with Crippen molar-refractivity contribution in [3.05, 3.63) is 65.1 Å². The van der Waals surface area contributed by atoms with Crippen LogP contribution in [0.1, 0.15) is 45.8 Å². The molecule has 2 saturated heterocycles. The second kappa shape index (κ2) is 7.62. The summed E-state index contributed by atoms with van der Waals surface area (Å²) < 4.78 is 2.16. The molecule has 3 aromatic rings. The highest BCUT2D eigenvalue weighted by molar-refractivity contribution is 5.98. The van der Waals surface area contributed by atoms with E-state index in [1.807, 2.05) is 25.5 Å². The Balaban J connectivity index is 1.02. The van der Waals surface area contributed by atoms with Crippen LogP contribution in [-0.2, 0) is 6.54 Å². The van der Waals surface area contributed by atoms with Crippen LogP contribution in [0.2, 0.25) is 0 Å². The van der Waals surface area contributed by atoms with Gasteiger partial charge in [-0.25, -0.2) is 4.98 Å². The number of benzene rings is 1. The average Bonchev–Trinajstić information content (AvgIpc) is 3.33. The molecule has 0 radical (unpaired) electrons. The molecule has 0 aliphatic carbocycles. The lowest BCUT2D eigenvalue weighted by Gasteiger charge is -2.44. The predicted molar refractivity (Wildman–Crippen MR) is 126 cm³/mol. The molecule has 0 spiro atoms. The summed E-state index contributed by atoms with van der Waals surface area (Å²) in [4.78, 5) is 23.5. The van der Waals surface area contributed by atoms with Crippen LogP contribution in [0.15, 0.2) is 42.9 Å². The molecule has 0 unspecified atom stereocenters. The van der Waals surface area contributed by atoms with Gasteiger partial charge in [-0.05, 0) is 79.7 Å². The Morgan fingerprint density at radius 2 is 1.94 bits per heavy atom. The van der Waals surface area contributed by atoms with Crippen LogP contribution in [0.5, 0.6) is 0 Å². The highest BCUT2D eigenvalue weighted by atomic mass is 16.2. The fourth-order valence-corrected chi connectivity index (χ4v) is 5.84. The van der Waals surface area contributed by atoms with Crippen molar-refractivity contribution in [1.82, 2.24) is 19.2 Å². The molecule has 1 amide bonds. The molecule has 0 N–H and O–H groups in total. The van der Waals surface area contributed by atoms with E-state index in [4.69, 9.17) is 0 Å². The number of hydrogen-bond acceptors (Lipinski definition) is 4. The van der Waals surface area contributed by atoms with E-state index in [-0.39, 0.29) is 5.91 Å². The largest absolute Gasteiger partial charge is 0.371 e. The van der Waals surface area contributed by atoms with E-state index >= 15 is 0 Å². The van der Waals surface area contributed by atoms with Gasteiger partial charge >= 0.3 is 0 Å². The van der Waals surface area contributed by atoms with Crippen LogP contribution in [0, 0.1) is 12.8 Å². The second-order valence-electron chi connectivity index (χ2n) is 9.95. The first-order valence-corrected chi connectivity index (χ1v) is 11.8. The van der Waals surface area contributed by atoms with E-state index < -0.39 is 0 Å². The van der Waals surface area contributed by atoms with Crippen molar-refractivity contribution < 1.29 is 4.79 Å². The van der Waals surface area contributed by atoms with Crippen molar-refractivity contribution in [1.29, 1.82) is 0 Å². The summed E-state index contributed by atoms with van der Waals surface area (Å²) in [6.45, 7) is 8.80. The first kappa shape index (κ1) is 19.8. The third-order valence-corrected chi connectivity index (χ3v) is 7.72. The number of piperidine rings is 1. The molecule has 6 heteroatoms. The standard InChI is InChI=1S/C26H31N5O/c1-18-11-25-27-7-10-30(25)17-24(18)20-5-8-29(9-6-20)13-19-14-31(15-19)22-3-4-23-21(12-22)16-28(2)26(23)32/h3-4,7,10-12,17,19-20H,5-6,8-9,13-16H2,1-2H3. The number of rotatable bonds is 4. The topological polar surface area (TPSA) is 44.1 Å². The van der Waals surface area contributed by atoms with E-state index in [0.717, 1.165) is 36.8 Å². The highest BCUT2D eigenvalue weighted by Crippen LogP contribution is 2.33. The average molecular weight is 430 g/mol. The molecular weight excluding hydrogens is 398 g/mol. The maximum Gasteiger partial charge on any atom is 0.254 e. The van der Waals surface area contributed by atoms with E-state index in [9.17, 15) is 4.79 Å². The van der Waals surface area contributed by atoms with Gasteiger partial charge in [0.1, 0.15) is 5.65 Å². The van der Waals surface area contributed by atoms with E-state index in [1.165, 1.54) is 54.9 Å². The lowest BCUT2D eigenvalue weighted by molar-refractivity contribution is 0.0816. The Labute approximate surface area is 189 Å². The summed E-state index contributed by atoms with van der Waals surface area (Å²) >= 11 is 0. The Morgan fingerprint density at radius 1 is 1.12 bits per heavy atom. The number of fused-ring (bicyclic) bond motifs is 2. The normalized spacial score (nSPS) is 20.2. The first-order valence-electron chi connectivity index (χ1n) is 11.8. The summed E-state index contributed by atoms with van der Waals surface area (Å²) in [6.07, 6.45) is 8.70. The number of nitrogens with zero attached hydrogens (tertiary/aromatic N) is 5. The number of carbonyl (C=O) groups excluding carboxylic acids is 1. The second-order valence-corrected chi connectivity index (χ2v) is 9.95. The fraction of sp³-hybridized carbons (Fsp3) is 0.462. The maximum atomic E-state index is 12.1. The molecule has 2 aromatic heterocycles. The third kappa shape index (κ3) is 3.37. The van der Waals surface area contributed by atoms with Gasteiger partial charge in [-0.3, -0.25) is 4.79 Å². The minimum Gasteiger partial charge on any atom is -0.371 e. The number of anilines is 1. The van der Waals surface area contributed by atoms with Gasteiger partial charge < -0.3 is 19.1 Å². The quantitative estimate of drug-likeness (QED) is 0.636. The smallest absolute Gasteiger partial charge is 0.254 e. The summed E-state index contributed by atoms with van der Waals surface area (Å²) in [5, 5.41) is 0. The molecule has 3 aliphatic heterocycles. The molecule has 166 valence electrons. The number of amides is 1. The van der Waals surface area contributed by atoms with Crippen molar-refractivity contribution in [3.63, 3.8) is 0 Å². The lowest BCUT2D eigenvalue weighted by atomic mass is 9.87. The van der Waals surface area contributed by atoms with Crippen LogP contribution >= 0.6 is 0 Å². The summed E-state index contributed by atoms with van der Waals surface area (Å²) in [5.41, 5.74) is 7.22. The number of hydrogen-bond donors (Lipinski definition) is 0. The van der Waals surface area contributed by atoms with Crippen molar-refractivity contribution in [2.24, 2.45) is 5.92 Å². The summed E-state index contributed by atoms with van der Waals surface area (Å²) in [6, 6.07) is 8.57. The fourth-order valence-electron chi connectivity index (χ4n) is 5.84. The van der Waals surface area contributed by atoms with Gasteiger partial charge in [0.15, 0.2) is 0 Å². The minimum absolute atomic E-state index is 0.150. The molecule has 0 saturated carbocycles. The molecule has 2 fully saturated rings. The number of carbonyl (C=O) groups is 1. The zero-order valence-corrected chi connectivity index (χ0v) is 19.0. The molecule has 5 heterocycles. The van der Waals surface area contributed by atoms with Crippen LogP contribution < -0.4 is 4.90 Å². The summed E-state index contributed by atoms with van der Waals surface area (Å²) in [7, 11) is 1.88. The van der Waals surface area contributed by atoms with Gasteiger partial charge in [0.05, 0.1) is 0 Å². The van der Waals surface area contributed by atoms with Gasteiger partial charge in [-0.2, -0.15) is 0 Å². The minimum atomic E-state index is 0.150. The first-order chi connectivity index (χ1) is 15.5. The number of aryl methyl sites for hydroxylation is 1. The van der Waals surface area contributed by atoms with E-state index in [1.54, 1.807) is 4.90 Å². The highest BCUT2D eigenvalue weighted by Gasteiger charge is 2.32. The Bertz CT molecular complexity index is 1170. The molecule has 0 atom stereocenters. The zero-order chi connectivity index (χ0) is 21.8. The lowest BCUT2D eigenvalue weighted by Crippen LogP contribution is -2.52. The van der Waals surface area contributed by atoms with Crippen molar-refractivity contribution in [3.8, 4) is 0 Å². The van der Waals surface area contributed by atoms with Gasteiger partial charge in [-0.15, -0.1) is 0 Å². The number of pyridine rings is 1. The molecule has 32 heavy (non-hydrogen) atoms. The number of imidazole rings is 1.